The largest absolute Gasteiger partial charge is 0.492 e. The van der Waals surface area contributed by atoms with Gasteiger partial charge in [-0.15, -0.1) is 0 Å². The van der Waals surface area contributed by atoms with E-state index >= 15 is 0 Å². The standard InChI is InChI=1S/C11H13N2O/c1-2-3-4-10-9-6-8-14-11(9)5-7-13(10)12/h5,7H,2,6,8,12H2,1H3/q+1. The molecule has 0 saturated carbocycles. The fourth-order valence-corrected chi connectivity index (χ4v) is 1.55. The number of nitrogen functional groups attached to an aromatic ring is 1. The minimum Gasteiger partial charge on any atom is -0.492 e. The molecule has 0 amide bonds. The van der Waals surface area contributed by atoms with Crippen molar-refractivity contribution in [2.24, 2.45) is 0 Å². The van der Waals surface area contributed by atoms with Gasteiger partial charge >= 0.3 is 0 Å². The van der Waals surface area contributed by atoms with E-state index in [1.807, 2.05) is 13.0 Å². The van der Waals surface area contributed by atoms with Gasteiger partial charge in [-0.25, -0.2) is 5.84 Å². The monoisotopic (exact) mass is 189 g/mol. The highest BCUT2D eigenvalue weighted by Crippen LogP contribution is 2.24. The number of aromatic nitrogens is 1. The van der Waals surface area contributed by atoms with Crippen LogP contribution in [0.2, 0.25) is 0 Å². The molecular formula is C11H13N2O+. The molecule has 0 aliphatic carbocycles. The van der Waals surface area contributed by atoms with Gasteiger partial charge in [0.15, 0.2) is 0 Å². The first-order chi connectivity index (χ1) is 6.83. The number of hydrogen-bond donors (Lipinski definition) is 1. The average molecular weight is 189 g/mol. The number of rotatable bonds is 0. The maximum absolute atomic E-state index is 5.79. The lowest BCUT2D eigenvalue weighted by atomic mass is 10.1. The van der Waals surface area contributed by atoms with Gasteiger partial charge < -0.3 is 4.74 Å². The Morgan fingerprint density at radius 2 is 2.50 bits per heavy atom. The molecule has 72 valence electrons. The van der Waals surface area contributed by atoms with E-state index in [-0.39, 0.29) is 0 Å². The van der Waals surface area contributed by atoms with E-state index in [2.05, 4.69) is 11.8 Å². The van der Waals surface area contributed by atoms with Crippen molar-refractivity contribution in [1.29, 1.82) is 0 Å². The summed E-state index contributed by atoms with van der Waals surface area (Å²) in [7, 11) is 0. The molecule has 1 aliphatic heterocycles. The Morgan fingerprint density at radius 1 is 1.64 bits per heavy atom. The summed E-state index contributed by atoms with van der Waals surface area (Å²) in [6, 6.07) is 1.89. The minimum absolute atomic E-state index is 0.736. The molecule has 0 atom stereocenters. The van der Waals surface area contributed by atoms with Crippen LogP contribution in [0, 0.1) is 11.8 Å². The smallest absolute Gasteiger partial charge is 0.292 e. The normalized spacial score (nSPS) is 12.6. The molecule has 2 rings (SSSR count). The second-order valence-corrected chi connectivity index (χ2v) is 3.17. The molecule has 1 aromatic rings. The molecule has 0 unspecified atom stereocenters. The second kappa shape index (κ2) is 3.59. The number of nitrogens with zero attached hydrogens (tertiary/aromatic N) is 1. The van der Waals surface area contributed by atoms with Gasteiger partial charge in [0.1, 0.15) is 5.75 Å². The van der Waals surface area contributed by atoms with E-state index in [1.165, 1.54) is 0 Å². The van der Waals surface area contributed by atoms with Crippen LogP contribution in [0.3, 0.4) is 0 Å². The second-order valence-electron chi connectivity index (χ2n) is 3.17. The summed E-state index contributed by atoms with van der Waals surface area (Å²) in [6.07, 6.45) is 3.52. The Bertz CT molecular complexity index is 415. The Hall–Kier alpha value is -1.69. The molecule has 0 bridgehead atoms. The number of nitrogens with two attached hydrogens (primary N) is 1. The van der Waals surface area contributed by atoms with Crippen LogP contribution in [0.4, 0.5) is 0 Å². The molecule has 0 aromatic carbocycles. The molecule has 1 aliphatic rings. The molecule has 0 saturated heterocycles. The van der Waals surface area contributed by atoms with Gasteiger partial charge in [-0.1, -0.05) is 17.5 Å². The van der Waals surface area contributed by atoms with Crippen LogP contribution in [0.25, 0.3) is 0 Å². The van der Waals surface area contributed by atoms with Crippen molar-refractivity contribution in [1.82, 2.24) is 0 Å². The summed E-state index contributed by atoms with van der Waals surface area (Å²) < 4.78 is 7.00. The summed E-state index contributed by atoms with van der Waals surface area (Å²) in [5, 5.41) is 0. The molecule has 0 radical (unpaired) electrons. The van der Waals surface area contributed by atoms with Gasteiger partial charge in [-0.3, -0.25) is 0 Å². The molecule has 0 spiro atoms. The number of fused-ring (bicyclic) bond motifs is 1. The average Bonchev–Trinajstić information content (AvgIpc) is 2.64. The van der Waals surface area contributed by atoms with E-state index < -0.39 is 0 Å². The van der Waals surface area contributed by atoms with Crippen LogP contribution in [0.5, 0.6) is 5.75 Å². The lowest BCUT2D eigenvalue weighted by molar-refractivity contribution is -0.641. The Labute approximate surface area is 83.5 Å². The lowest BCUT2D eigenvalue weighted by Gasteiger charge is -1.97. The summed E-state index contributed by atoms with van der Waals surface area (Å²) in [4.78, 5) is 0. The SMILES string of the molecule is CCC#Cc1c2c(cc[n+]1N)OCC2. The van der Waals surface area contributed by atoms with Gasteiger partial charge in [-0.2, -0.15) is 0 Å². The first-order valence-corrected chi connectivity index (χ1v) is 4.77. The third-order valence-electron chi connectivity index (χ3n) is 2.22. The molecular weight excluding hydrogens is 176 g/mol. The molecule has 1 aromatic heterocycles. The molecule has 0 fully saturated rings. The summed E-state index contributed by atoms with van der Waals surface area (Å²) in [5.74, 6) is 12.8. The zero-order chi connectivity index (χ0) is 9.97. The van der Waals surface area contributed by atoms with Crippen molar-refractivity contribution in [2.75, 3.05) is 12.4 Å². The predicted octanol–water partition coefficient (Wildman–Crippen LogP) is 0.384. The third-order valence-corrected chi connectivity index (χ3v) is 2.22. The van der Waals surface area contributed by atoms with Gasteiger partial charge in [0.2, 0.25) is 6.20 Å². The minimum atomic E-state index is 0.736. The quantitative estimate of drug-likeness (QED) is 0.364. The van der Waals surface area contributed by atoms with Crippen LogP contribution in [-0.2, 0) is 6.42 Å². The van der Waals surface area contributed by atoms with Crippen molar-refractivity contribution in [3.05, 3.63) is 23.5 Å². The lowest BCUT2D eigenvalue weighted by Crippen LogP contribution is -2.47. The molecule has 3 nitrogen and oxygen atoms in total. The van der Waals surface area contributed by atoms with Gasteiger partial charge in [0.05, 0.1) is 12.2 Å². The summed E-state index contributed by atoms with van der Waals surface area (Å²) in [5.41, 5.74) is 2.01. The fraction of sp³-hybridized carbons (Fsp3) is 0.364. The number of pyridine rings is 1. The van der Waals surface area contributed by atoms with Crippen LogP contribution in [-0.4, -0.2) is 6.61 Å². The first-order valence-electron chi connectivity index (χ1n) is 4.77. The van der Waals surface area contributed by atoms with Crippen molar-refractivity contribution in [3.8, 4) is 17.6 Å². The van der Waals surface area contributed by atoms with E-state index in [4.69, 9.17) is 10.6 Å². The Morgan fingerprint density at radius 3 is 3.29 bits per heavy atom. The number of hydrogen-bond acceptors (Lipinski definition) is 2. The summed E-state index contributed by atoms with van der Waals surface area (Å²) in [6.45, 7) is 2.76. The topological polar surface area (TPSA) is 39.1 Å². The van der Waals surface area contributed by atoms with Crippen LogP contribution in [0.1, 0.15) is 24.6 Å². The van der Waals surface area contributed by atoms with E-state index in [9.17, 15) is 0 Å². The van der Waals surface area contributed by atoms with Crippen molar-refractivity contribution < 1.29 is 9.41 Å². The zero-order valence-electron chi connectivity index (χ0n) is 8.21. The fourth-order valence-electron chi connectivity index (χ4n) is 1.55. The highest BCUT2D eigenvalue weighted by Gasteiger charge is 2.22. The summed E-state index contributed by atoms with van der Waals surface area (Å²) >= 11 is 0. The maximum atomic E-state index is 5.79. The van der Waals surface area contributed by atoms with Crippen LogP contribution < -0.4 is 15.3 Å². The van der Waals surface area contributed by atoms with Gasteiger partial charge in [-0.05, 0) is 0 Å². The predicted molar refractivity (Wildman–Crippen MR) is 53.2 cm³/mol. The zero-order valence-corrected chi connectivity index (χ0v) is 8.21. The van der Waals surface area contributed by atoms with Crippen LogP contribution in [0.15, 0.2) is 12.3 Å². The maximum Gasteiger partial charge on any atom is 0.292 e. The van der Waals surface area contributed by atoms with Crippen molar-refractivity contribution in [3.63, 3.8) is 0 Å². The first kappa shape index (κ1) is 8.89. The Kier molecular flexibility index (Phi) is 2.28. The van der Waals surface area contributed by atoms with Gasteiger partial charge in [0, 0.05) is 24.8 Å². The Balaban J connectivity index is 2.51. The molecule has 2 N–H and O–H groups in total. The molecule has 3 heteroatoms. The van der Waals surface area contributed by atoms with E-state index in [1.54, 1.807) is 10.9 Å². The van der Waals surface area contributed by atoms with Gasteiger partial charge in [0.25, 0.3) is 5.69 Å². The van der Waals surface area contributed by atoms with Crippen molar-refractivity contribution in [2.45, 2.75) is 19.8 Å². The van der Waals surface area contributed by atoms with Crippen molar-refractivity contribution >= 4 is 0 Å². The highest BCUT2D eigenvalue weighted by atomic mass is 16.5. The van der Waals surface area contributed by atoms with E-state index in [0.717, 1.165) is 36.5 Å². The third kappa shape index (κ3) is 1.39. The van der Waals surface area contributed by atoms with E-state index in [0.29, 0.717) is 0 Å². The highest BCUT2D eigenvalue weighted by molar-refractivity contribution is 5.43. The van der Waals surface area contributed by atoms with Crippen LogP contribution >= 0.6 is 0 Å². The molecule has 2 heterocycles. The molecule has 14 heavy (non-hydrogen) atoms. The number of ether oxygens (including phenoxy) is 1.